The van der Waals surface area contributed by atoms with Crippen LogP contribution in [-0.4, -0.2) is 6.61 Å². The van der Waals surface area contributed by atoms with Gasteiger partial charge in [-0.25, -0.2) is 0 Å². The lowest BCUT2D eigenvalue weighted by molar-refractivity contribution is 0.401. The van der Waals surface area contributed by atoms with Crippen molar-refractivity contribution in [2.45, 2.75) is 25.2 Å². The van der Waals surface area contributed by atoms with Crippen LogP contribution in [0.25, 0.3) is 0 Å². The van der Waals surface area contributed by atoms with Gasteiger partial charge in [0.1, 0.15) is 0 Å². The largest absolute Gasteiger partial charge is 0.311 e. The highest BCUT2D eigenvalue weighted by Crippen LogP contribution is 2.23. The van der Waals surface area contributed by atoms with Gasteiger partial charge in [0.2, 0.25) is 0 Å². The summed E-state index contributed by atoms with van der Waals surface area (Å²) in [4.78, 5) is 1.24. The molecule has 0 fully saturated rings. The Labute approximate surface area is 78.3 Å². The van der Waals surface area contributed by atoms with Gasteiger partial charge in [-0.1, -0.05) is 25.1 Å². The zero-order chi connectivity index (χ0) is 8.81. The minimum Gasteiger partial charge on any atom is -0.311 e. The molecule has 0 N–H and O–H groups in total. The second kappa shape index (κ2) is 5.22. The molecule has 1 aromatic rings. The van der Waals surface area contributed by atoms with Gasteiger partial charge in [-0.3, -0.25) is 0 Å². The Bertz CT molecular complexity index is 235. The molecule has 0 aliphatic carbocycles. The van der Waals surface area contributed by atoms with Crippen LogP contribution in [0.2, 0.25) is 0 Å². The van der Waals surface area contributed by atoms with Gasteiger partial charge in [0.05, 0.1) is 6.61 Å². The van der Waals surface area contributed by atoms with Crippen molar-refractivity contribution < 1.29 is 4.18 Å². The third-order valence-electron chi connectivity index (χ3n) is 1.62. The summed E-state index contributed by atoms with van der Waals surface area (Å²) in [6, 6.07) is 8.34. The van der Waals surface area contributed by atoms with Gasteiger partial charge in [0.15, 0.2) is 0 Å². The van der Waals surface area contributed by atoms with Gasteiger partial charge in [0, 0.05) is 16.9 Å². The van der Waals surface area contributed by atoms with Crippen LogP contribution >= 0.6 is 12.0 Å². The fraction of sp³-hybridized carbons (Fsp3) is 0.400. The van der Waals surface area contributed by atoms with E-state index in [1.165, 1.54) is 22.5 Å². The minimum atomic E-state index is 0.753. The maximum Gasteiger partial charge on any atom is 0.0590 e. The molecule has 0 saturated carbocycles. The van der Waals surface area contributed by atoms with Crippen LogP contribution in [0, 0.1) is 0 Å². The highest BCUT2D eigenvalue weighted by Gasteiger charge is 1.99. The molecule has 0 amide bonds. The van der Waals surface area contributed by atoms with E-state index in [4.69, 9.17) is 4.18 Å². The second-order valence-corrected chi connectivity index (χ2v) is 3.29. The quantitative estimate of drug-likeness (QED) is 0.661. The van der Waals surface area contributed by atoms with E-state index in [0.717, 1.165) is 13.0 Å². The topological polar surface area (TPSA) is 9.23 Å². The van der Waals surface area contributed by atoms with Crippen molar-refractivity contribution in [3.05, 3.63) is 29.8 Å². The van der Waals surface area contributed by atoms with Crippen LogP contribution in [-0.2, 0) is 10.6 Å². The Morgan fingerprint density at radius 3 is 2.67 bits per heavy atom. The van der Waals surface area contributed by atoms with Crippen molar-refractivity contribution in [1.82, 2.24) is 0 Å². The SMILES string of the molecule is CCOSc1ccccc1CC. The summed E-state index contributed by atoms with van der Waals surface area (Å²) in [7, 11) is 0. The van der Waals surface area contributed by atoms with E-state index in [-0.39, 0.29) is 0 Å². The normalized spacial score (nSPS) is 10.2. The van der Waals surface area contributed by atoms with Crippen LogP contribution in [0.3, 0.4) is 0 Å². The lowest BCUT2D eigenvalue weighted by Gasteiger charge is -2.04. The standard InChI is InChI=1S/C10H14OS/c1-3-9-7-5-6-8-10(9)12-11-4-2/h5-8H,3-4H2,1-2H3. The first kappa shape index (κ1) is 9.62. The van der Waals surface area contributed by atoms with Gasteiger partial charge < -0.3 is 4.18 Å². The van der Waals surface area contributed by atoms with Crippen LogP contribution in [0.5, 0.6) is 0 Å². The van der Waals surface area contributed by atoms with Crippen molar-refractivity contribution in [1.29, 1.82) is 0 Å². The van der Waals surface area contributed by atoms with E-state index >= 15 is 0 Å². The lowest BCUT2D eigenvalue weighted by atomic mass is 10.2. The van der Waals surface area contributed by atoms with Gasteiger partial charge in [0.25, 0.3) is 0 Å². The average Bonchev–Trinajstić information content (AvgIpc) is 2.15. The van der Waals surface area contributed by atoms with E-state index in [1.54, 1.807) is 0 Å². The summed E-state index contributed by atoms with van der Waals surface area (Å²) in [5.74, 6) is 0. The number of hydrogen-bond donors (Lipinski definition) is 0. The third kappa shape index (κ3) is 2.54. The number of rotatable bonds is 4. The molecule has 66 valence electrons. The lowest BCUT2D eigenvalue weighted by Crippen LogP contribution is -1.85. The van der Waals surface area contributed by atoms with Crippen molar-refractivity contribution in [3.63, 3.8) is 0 Å². The first-order chi connectivity index (χ1) is 5.88. The maximum atomic E-state index is 5.28. The summed E-state index contributed by atoms with van der Waals surface area (Å²) >= 11 is 1.47. The Kier molecular flexibility index (Phi) is 4.19. The molecule has 0 saturated heterocycles. The van der Waals surface area contributed by atoms with E-state index in [0.29, 0.717) is 0 Å². The molecule has 0 aromatic heterocycles. The van der Waals surface area contributed by atoms with Crippen molar-refractivity contribution in [2.75, 3.05) is 6.61 Å². The number of hydrogen-bond acceptors (Lipinski definition) is 2. The Balaban J connectivity index is 2.68. The average molecular weight is 182 g/mol. The predicted octanol–water partition coefficient (Wildman–Crippen LogP) is 3.29. The van der Waals surface area contributed by atoms with Crippen LogP contribution in [0.4, 0.5) is 0 Å². The van der Waals surface area contributed by atoms with Gasteiger partial charge >= 0.3 is 0 Å². The molecule has 0 aliphatic rings. The first-order valence-corrected chi connectivity index (χ1v) is 5.00. The van der Waals surface area contributed by atoms with Gasteiger partial charge in [-0.2, -0.15) is 0 Å². The summed E-state index contributed by atoms with van der Waals surface area (Å²) in [6.45, 7) is 4.91. The smallest absolute Gasteiger partial charge is 0.0590 e. The Hall–Kier alpha value is -0.470. The van der Waals surface area contributed by atoms with Crippen molar-refractivity contribution in [3.8, 4) is 0 Å². The van der Waals surface area contributed by atoms with Crippen molar-refractivity contribution >= 4 is 12.0 Å². The van der Waals surface area contributed by atoms with E-state index in [1.807, 2.05) is 13.0 Å². The molecule has 0 unspecified atom stereocenters. The predicted molar refractivity (Wildman–Crippen MR) is 53.3 cm³/mol. The third-order valence-corrected chi connectivity index (χ3v) is 2.55. The monoisotopic (exact) mass is 182 g/mol. The van der Waals surface area contributed by atoms with Crippen LogP contribution in [0.15, 0.2) is 29.2 Å². The van der Waals surface area contributed by atoms with Crippen LogP contribution < -0.4 is 0 Å². The molecule has 0 atom stereocenters. The maximum absolute atomic E-state index is 5.28. The van der Waals surface area contributed by atoms with Crippen molar-refractivity contribution in [2.24, 2.45) is 0 Å². The van der Waals surface area contributed by atoms with E-state index in [9.17, 15) is 0 Å². The zero-order valence-electron chi connectivity index (χ0n) is 7.54. The Morgan fingerprint density at radius 1 is 1.25 bits per heavy atom. The molecule has 0 bridgehead atoms. The van der Waals surface area contributed by atoms with E-state index in [2.05, 4.69) is 25.1 Å². The summed E-state index contributed by atoms with van der Waals surface area (Å²) < 4.78 is 5.28. The number of aryl methyl sites for hydroxylation is 1. The Morgan fingerprint density at radius 2 is 2.00 bits per heavy atom. The number of benzene rings is 1. The van der Waals surface area contributed by atoms with Crippen LogP contribution in [0.1, 0.15) is 19.4 Å². The fourth-order valence-electron chi connectivity index (χ4n) is 1.000. The van der Waals surface area contributed by atoms with Gasteiger partial charge in [-0.05, 0) is 25.0 Å². The molecule has 2 heteroatoms. The molecule has 1 aromatic carbocycles. The minimum absolute atomic E-state index is 0.753. The molecule has 1 nitrogen and oxygen atoms in total. The molecular formula is C10H14OS. The molecule has 12 heavy (non-hydrogen) atoms. The first-order valence-electron chi connectivity index (χ1n) is 4.25. The highest BCUT2D eigenvalue weighted by atomic mass is 32.2. The molecule has 0 spiro atoms. The summed E-state index contributed by atoms with van der Waals surface area (Å²) in [5, 5.41) is 0. The van der Waals surface area contributed by atoms with E-state index < -0.39 is 0 Å². The van der Waals surface area contributed by atoms with Gasteiger partial charge in [-0.15, -0.1) is 0 Å². The molecule has 0 heterocycles. The summed E-state index contributed by atoms with van der Waals surface area (Å²) in [5.41, 5.74) is 1.36. The highest BCUT2D eigenvalue weighted by molar-refractivity contribution is 7.94. The molecule has 0 aliphatic heterocycles. The zero-order valence-corrected chi connectivity index (χ0v) is 8.36. The fourth-order valence-corrected chi connectivity index (χ4v) is 1.70. The second-order valence-electron chi connectivity index (χ2n) is 2.45. The molecular weight excluding hydrogens is 168 g/mol. The molecule has 1 rings (SSSR count). The summed E-state index contributed by atoms with van der Waals surface area (Å²) in [6.07, 6.45) is 1.07. The molecule has 0 radical (unpaired) electrons.